The zero-order chi connectivity index (χ0) is 14.8. The Morgan fingerprint density at radius 1 is 1.35 bits per heavy atom. The molecule has 0 aromatic heterocycles. The molecule has 0 radical (unpaired) electrons. The molecule has 5 nitrogen and oxygen atoms in total. The van der Waals surface area contributed by atoms with Crippen molar-refractivity contribution in [2.75, 3.05) is 13.2 Å². The second kappa shape index (κ2) is 5.63. The molecule has 0 bridgehead atoms. The van der Waals surface area contributed by atoms with Gasteiger partial charge >= 0.3 is 0 Å². The van der Waals surface area contributed by atoms with Crippen LogP contribution in [0.2, 0.25) is 0 Å². The quantitative estimate of drug-likeness (QED) is 0.823. The fourth-order valence-electron chi connectivity index (χ4n) is 2.27. The molecule has 2 rings (SSSR count). The minimum atomic E-state index is -0.587. The molecule has 1 fully saturated rings. The number of hydrogen-bond acceptors (Lipinski definition) is 4. The van der Waals surface area contributed by atoms with Gasteiger partial charge in [-0.05, 0) is 17.7 Å². The second-order valence-corrected chi connectivity index (χ2v) is 5.61. The van der Waals surface area contributed by atoms with Crippen molar-refractivity contribution in [1.29, 1.82) is 0 Å². The summed E-state index contributed by atoms with van der Waals surface area (Å²) in [7, 11) is 0. The van der Waals surface area contributed by atoms with E-state index >= 15 is 0 Å². The van der Waals surface area contributed by atoms with Gasteiger partial charge in [0.25, 0.3) is 0 Å². The van der Waals surface area contributed by atoms with E-state index in [1.807, 2.05) is 24.3 Å². The molecule has 0 atom stereocenters. The van der Waals surface area contributed by atoms with Gasteiger partial charge in [-0.3, -0.25) is 14.5 Å². The Hall–Kier alpha value is -1.88. The van der Waals surface area contributed by atoms with E-state index in [1.165, 1.54) is 4.90 Å². The van der Waals surface area contributed by atoms with Crippen LogP contribution in [0.1, 0.15) is 25.8 Å². The van der Waals surface area contributed by atoms with Gasteiger partial charge in [0.2, 0.25) is 11.8 Å². The summed E-state index contributed by atoms with van der Waals surface area (Å²) in [4.78, 5) is 25.1. The monoisotopic (exact) mass is 276 g/mol. The standard InChI is InChI=1S/C15H20N2O3/c1-15(2)9-13(18)17(14(15)19)6-7-20-12-5-3-4-11(8-12)10-16/h3-5,8H,6-7,9-10,16H2,1-2H3. The van der Waals surface area contributed by atoms with Crippen LogP contribution in [0.25, 0.3) is 0 Å². The van der Waals surface area contributed by atoms with E-state index in [0.717, 1.165) is 5.56 Å². The number of ether oxygens (including phenoxy) is 1. The van der Waals surface area contributed by atoms with Gasteiger partial charge in [0.05, 0.1) is 12.0 Å². The van der Waals surface area contributed by atoms with Crippen molar-refractivity contribution in [3.05, 3.63) is 29.8 Å². The fraction of sp³-hybridized carbons (Fsp3) is 0.467. The van der Waals surface area contributed by atoms with Crippen molar-refractivity contribution < 1.29 is 14.3 Å². The van der Waals surface area contributed by atoms with E-state index in [0.29, 0.717) is 18.9 Å². The lowest BCUT2D eigenvalue weighted by atomic mass is 9.92. The van der Waals surface area contributed by atoms with Crippen LogP contribution >= 0.6 is 0 Å². The van der Waals surface area contributed by atoms with Crippen LogP contribution in [-0.2, 0) is 16.1 Å². The highest BCUT2D eigenvalue weighted by atomic mass is 16.5. The molecule has 20 heavy (non-hydrogen) atoms. The molecule has 1 aliphatic heterocycles. The number of rotatable bonds is 5. The summed E-state index contributed by atoms with van der Waals surface area (Å²) in [6.45, 7) is 4.61. The number of benzene rings is 1. The third kappa shape index (κ3) is 2.99. The number of hydrogen-bond donors (Lipinski definition) is 1. The molecule has 0 unspecified atom stereocenters. The van der Waals surface area contributed by atoms with Crippen molar-refractivity contribution >= 4 is 11.8 Å². The van der Waals surface area contributed by atoms with Crippen molar-refractivity contribution in [3.63, 3.8) is 0 Å². The van der Waals surface area contributed by atoms with Gasteiger partial charge in [0.1, 0.15) is 12.4 Å². The van der Waals surface area contributed by atoms with E-state index < -0.39 is 5.41 Å². The van der Waals surface area contributed by atoms with Crippen LogP contribution < -0.4 is 10.5 Å². The number of nitrogens with two attached hydrogens (primary N) is 1. The average Bonchev–Trinajstić information content (AvgIpc) is 2.61. The maximum atomic E-state index is 12.0. The lowest BCUT2D eigenvalue weighted by molar-refractivity contribution is -0.141. The Bertz CT molecular complexity index is 526. The normalized spacial score (nSPS) is 17.6. The summed E-state index contributed by atoms with van der Waals surface area (Å²) in [6, 6.07) is 7.48. The summed E-state index contributed by atoms with van der Waals surface area (Å²) in [5, 5.41) is 0. The van der Waals surface area contributed by atoms with Gasteiger partial charge < -0.3 is 10.5 Å². The SMILES string of the molecule is CC1(C)CC(=O)N(CCOc2cccc(CN)c2)C1=O. The first-order valence-corrected chi connectivity index (χ1v) is 6.70. The van der Waals surface area contributed by atoms with Crippen LogP contribution in [0.5, 0.6) is 5.75 Å². The van der Waals surface area contributed by atoms with Crippen LogP contribution in [-0.4, -0.2) is 29.9 Å². The molecule has 5 heteroatoms. The topological polar surface area (TPSA) is 72.6 Å². The van der Waals surface area contributed by atoms with Gasteiger partial charge in [-0.15, -0.1) is 0 Å². The molecule has 2 N–H and O–H groups in total. The first-order chi connectivity index (χ1) is 9.44. The maximum Gasteiger partial charge on any atom is 0.235 e. The Morgan fingerprint density at radius 2 is 2.10 bits per heavy atom. The molecule has 1 saturated heterocycles. The Labute approximate surface area is 118 Å². The molecule has 1 aromatic carbocycles. The minimum absolute atomic E-state index is 0.123. The van der Waals surface area contributed by atoms with Gasteiger partial charge in [-0.1, -0.05) is 26.0 Å². The molecule has 0 saturated carbocycles. The Balaban J connectivity index is 1.90. The Kier molecular flexibility index (Phi) is 4.09. The first kappa shape index (κ1) is 14.5. The lowest BCUT2D eigenvalue weighted by Crippen LogP contribution is -2.36. The fourth-order valence-corrected chi connectivity index (χ4v) is 2.27. The summed E-state index contributed by atoms with van der Waals surface area (Å²) in [5.74, 6) is 0.451. The molecular formula is C15H20N2O3. The summed E-state index contributed by atoms with van der Waals surface area (Å²) < 4.78 is 5.57. The maximum absolute atomic E-state index is 12.0. The highest BCUT2D eigenvalue weighted by Gasteiger charge is 2.44. The molecule has 0 aliphatic carbocycles. The van der Waals surface area contributed by atoms with Gasteiger partial charge in [-0.25, -0.2) is 0 Å². The summed E-state index contributed by atoms with van der Waals surface area (Å²) in [6.07, 6.45) is 0.272. The number of nitrogens with zero attached hydrogens (tertiary/aromatic N) is 1. The van der Waals surface area contributed by atoms with Gasteiger partial charge in [-0.2, -0.15) is 0 Å². The smallest absolute Gasteiger partial charge is 0.235 e. The zero-order valence-electron chi connectivity index (χ0n) is 11.9. The number of carbonyl (C=O) groups excluding carboxylic acids is 2. The lowest BCUT2D eigenvalue weighted by Gasteiger charge is -2.18. The number of amides is 2. The Morgan fingerprint density at radius 3 is 2.70 bits per heavy atom. The summed E-state index contributed by atoms with van der Waals surface area (Å²) >= 11 is 0. The second-order valence-electron chi connectivity index (χ2n) is 5.61. The van der Waals surface area contributed by atoms with E-state index in [-0.39, 0.29) is 24.8 Å². The van der Waals surface area contributed by atoms with Crippen LogP contribution in [0.15, 0.2) is 24.3 Å². The van der Waals surface area contributed by atoms with E-state index in [2.05, 4.69) is 0 Å². The molecule has 0 spiro atoms. The van der Waals surface area contributed by atoms with E-state index in [4.69, 9.17) is 10.5 Å². The van der Waals surface area contributed by atoms with Crippen molar-refractivity contribution in [1.82, 2.24) is 4.90 Å². The third-order valence-electron chi connectivity index (χ3n) is 3.44. The first-order valence-electron chi connectivity index (χ1n) is 6.70. The number of likely N-dealkylation sites (tertiary alicyclic amines) is 1. The van der Waals surface area contributed by atoms with E-state index in [9.17, 15) is 9.59 Å². The van der Waals surface area contributed by atoms with E-state index in [1.54, 1.807) is 13.8 Å². The molecule has 1 aromatic rings. The number of carbonyl (C=O) groups is 2. The number of imide groups is 1. The van der Waals surface area contributed by atoms with Gasteiger partial charge in [0.15, 0.2) is 0 Å². The van der Waals surface area contributed by atoms with Gasteiger partial charge in [0, 0.05) is 13.0 Å². The third-order valence-corrected chi connectivity index (χ3v) is 3.44. The van der Waals surface area contributed by atoms with Crippen molar-refractivity contribution in [3.8, 4) is 5.75 Å². The van der Waals surface area contributed by atoms with Crippen molar-refractivity contribution in [2.45, 2.75) is 26.8 Å². The van der Waals surface area contributed by atoms with Crippen molar-refractivity contribution in [2.24, 2.45) is 11.1 Å². The average molecular weight is 276 g/mol. The molecular weight excluding hydrogens is 256 g/mol. The van der Waals surface area contributed by atoms with Crippen LogP contribution in [0.4, 0.5) is 0 Å². The molecule has 108 valence electrons. The highest BCUT2D eigenvalue weighted by molar-refractivity contribution is 6.05. The predicted octanol–water partition coefficient (Wildman–Crippen LogP) is 1.31. The largest absolute Gasteiger partial charge is 0.492 e. The minimum Gasteiger partial charge on any atom is -0.492 e. The predicted molar refractivity (Wildman–Crippen MR) is 74.9 cm³/mol. The molecule has 1 aliphatic rings. The zero-order valence-corrected chi connectivity index (χ0v) is 11.9. The van der Waals surface area contributed by atoms with Crippen LogP contribution in [0, 0.1) is 5.41 Å². The van der Waals surface area contributed by atoms with Crippen LogP contribution in [0.3, 0.4) is 0 Å². The summed E-state index contributed by atoms with van der Waals surface area (Å²) in [5.41, 5.74) is 5.96. The molecule has 2 amide bonds. The molecule has 1 heterocycles. The highest BCUT2D eigenvalue weighted by Crippen LogP contribution is 2.31.